The topological polar surface area (TPSA) is 29.1 Å². The second-order valence-corrected chi connectivity index (χ2v) is 6.75. The van der Waals surface area contributed by atoms with Crippen molar-refractivity contribution in [3.63, 3.8) is 0 Å². The van der Waals surface area contributed by atoms with Crippen molar-refractivity contribution >= 4 is 23.7 Å². The summed E-state index contributed by atoms with van der Waals surface area (Å²) in [6.45, 7) is 0. The molecule has 1 radical (unpaired) electrons. The maximum absolute atomic E-state index is 10.8. The van der Waals surface area contributed by atoms with Crippen LogP contribution in [0, 0.1) is 0 Å². The van der Waals surface area contributed by atoms with E-state index in [2.05, 4.69) is 3.88 Å². The van der Waals surface area contributed by atoms with Crippen LogP contribution in [0.1, 0.15) is 0 Å². The Morgan fingerprint density at radius 2 is 1.13 bits per heavy atom. The third-order valence-electron chi connectivity index (χ3n) is 2.06. The Labute approximate surface area is 93.7 Å². The van der Waals surface area contributed by atoms with Gasteiger partial charge in [-0.15, -0.1) is 0 Å². The van der Waals surface area contributed by atoms with Crippen molar-refractivity contribution in [1.29, 1.82) is 0 Å². The van der Waals surface area contributed by atoms with Crippen molar-refractivity contribution in [1.82, 2.24) is 0 Å². The van der Waals surface area contributed by atoms with Crippen molar-refractivity contribution in [2.45, 2.75) is 0 Å². The first-order chi connectivity index (χ1) is 7.42. The molecule has 15 heavy (non-hydrogen) atoms. The Hall–Kier alpha value is -1.08. The number of hydrogen-bond donors (Lipinski definition) is 0. The Kier molecular flexibility index (Phi) is 3.57. The first kappa shape index (κ1) is 10.4. The molecule has 0 aliphatic carbocycles. The normalized spacial score (nSPS) is 10.5. The fourth-order valence-corrected chi connectivity index (χ4v) is 4.21. The van der Waals surface area contributed by atoms with Gasteiger partial charge in [0.25, 0.3) is 0 Å². The van der Waals surface area contributed by atoms with Crippen LogP contribution < -0.4 is 8.70 Å². The second-order valence-electron chi connectivity index (χ2n) is 3.04. The van der Waals surface area contributed by atoms with E-state index in [1.807, 2.05) is 60.7 Å². The zero-order valence-electron chi connectivity index (χ0n) is 8.04. The molecule has 0 aromatic heterocycles. The summed E-state index contributed by atoms with van der Waals surface area (Å²) in [6, 6.07) is 19.4. The van der Waals surface area contributed by atoms with E-state index in [0.717, 1.165) is 8.70 Å². The Balaban J connectivity index is 2.34. The van der Waals surface area contributed by atoms with Gasteiger partial charge in [0, 0.05) is 0 Å². The molecule has 0 bridgehead atoms. The standard InChI is InChI=1S/C12H10AsO2/c14-15-13(11-7-3-1-4-8-11)12-9-5-2-6-10-12/h1-10H. The summed E-state index contributed by atoms with van der Waals surface area (Å²) in [4.78, 5) is 0. The summed E-state index contributed by atoms with van der Waals surface area (Å²) in [5.41, 5.74) is 0. The zero-order chi connectivity index (χ0) is 10.5. The molecule has 0 saturated heterocycles. The van der Waals surface area contributed by atoms with E-state index >= 15 is 0 Å². The van der Waals surface area contributed by atoms with Crippen molar-refractivity contribution in [3.8, 4) is 0 Å². The van der Waals surface area contributed by atoms with Crippen LogP contribution in [-0.2, 0) is 9.13 Å². The van der Waals surface area contributed by atoms with Gasteiger partial charge in [0.2, 0.25) is 0 Å². The molecule has 0 atom stereocenters. The summed E-state index contributed by atoms with van der Waals surface area (Å²) < 4.78 is 6.46. The quantitative estimate of drug-likeness (QED) is 0.463. The van der Waals surface area contributed by atoms with E-state index in [9.17, 15) is 5.26 Å². The molecule has 2 aromatic rings. The molecule has 75 valence electrons. The Morgan fingerprint density at radius 1 is 0.733 bits per heavy atom. The molecule has 0 aliphatic heterocycles. The average Bonchev–Trinajstić information content (AvgIpc) is 2.33. The summed E-state index contributed by atoms with van der Waals surface area (Å²) in [6.07, 6.45) is 0. The number of rotatable bonds is 3. The van der Waals surface area contributed by atoms with E-state index < -0.39 is 15.0 Å². The van der Waals surface area contributed by atoms with Crippen molar-refractivity contribution < 1.29 is 9.13 Å². The summed E-state index contributed by atoms with van der Waals surface area (Å²) >= 11 is -2.06. The van der Waals surface area contributed by atoms with Gasteiger partial charge in [-0.3, -0.25) is 0 Å². The van der Waals surface area contributed by atoms with Gasteiger partial charge in [-0.05, 0) is 0 Å². The minimum atomic E-state index is -2.06. The van der Waals surface area contributed by atoms with E-state index in [0.29, 0.717) is 0 Å². The van der Waals surface area contributed by atoms with Gasteiger partial charge >= 0.3 is 93.5 Å². The van der Waals surface area contributed by atoms with Crippen LogP contribution in [-0.4, -0.2) is 15.0 Å². The molecule has 2 rings (SSSR count). The summed E-state index contributed by atoms with van der Waals surface area (Å²) in [5.74, 6) is 0. The van der Waals surface area contributed by atoms with Gasteiger partial charge in [0.15, 0.2) is 0 Å². The van der Waals surface area contributed by atoms with Gasteiger partial charge in [-0.1, -0.05) is 0 Å². The third kappa shape index (κ3) is 2.48. The molecule has 0 spiro atoms. The predicted molar refractivity (Wildman–Crippen MR) is 59.7 cm³/mol. The maximum atomic E-state index is 10.8. The van der Waals surface area contributed by atoms with Gasteiger partial charge in [-0.2, -0.15) is 0 Å². The molecule has 0 fully saturated rings. The second kappa shape index (κ2) is 5.13. The molecule has 0 amide bonds. The Bertz CT molecular complexity index is 363. The van der Waals surface area contributed by atoms with Crippen LogP contribution >= 0.6 is 0 Å². The van der Waals surface area contributed by atoms with Gasteiger partial charge in [0.05, 0.1) is 0 Å². The predicted octanol–water partition coefficient (Wildman–Crippen LogP) is 1.15. The van der Waals surface area contributed by atoms with Crippen LogP contribution in [0.2, 0.25) is 0 Å². The van der Waals surface area contributed by atoms with Crippen LogP contribution in [0.5, 0.6) is 0 Å². The molecular weight excluding hydrogens is 251 g/mol. The van der Waals surface area contributed by atoms with E-state index in [4.69, 9.17) is 0 Å². The average molecular weight is 261 g/mol. The van der Waals surface area contributed by atoms with Crippen LogP contribution in [0.3, 0.4) is 0 Å². The van der Waals surface area contributed by atoms with Gasteiger partial charge in [-0.25, -0.2) is 0 Å². The monoisotopic (exact) mass is 261 g/mol. The van der Waals surface area contributed by atoms with Crippen LogP contribution in [0.25, 0.3) is 0 Å². The summed E-state index contributed by atoms with van der Waals surface area (Å²) in [7, 11) is 0. The van der Waals surface area contributed by atoms with Crippen molar-refractivity contribution in [2.75, 3.05) is 0 Å². The van der Waals surface area contributed by atoms with Gasteiger partial charge < -0.3 is 0 Å². The fourth-order valence-electron chi connectivity index (χ4n) is 1.36. The fraction of sp³-hybridized carbons (Fsp3) is 0. The molecule has 0 aliphatic rings. The molecule has 0 heterocycles. The third-order valence-corrected chi connectivity index (χ3v) is 5.59. The summed E-state index contributed by atoms with van der Waals surface area (Å²) in [5, 5.41) is 10.8. The Morgan fingerprint density at radius 3 is 1.47 bits per heavy atom. The molecular formula is C12H10AsO2. The molecule has 2 aromatic carbocycles. The minimum absolute atomic E-state index is 1.02. The molecule has 0 unspecified atom stereocenters. The van der Waals surface area contributed by atoms with Crippen LogP contribution in [0.4, 0.5) is 0 Å². The first-order valence-electron chi connectivity index (χ1n) is 4.62. The van der Waals surface area contributed by atoms with E-state index in [1.54, 1.807) is 0 Å². The molecule has 3 heteroatoms. The number of benzene rings is 2. The SMILES string of the molecule is [O]O[As](c1ccccc1)c1ccccc1. The first-order valence-corrected chi connectivity index (χ1v) is 7.26. The van der Waals surface area contributed by atoms with Gasteiger partial charge in [0.1, 0.15) is 0 Å². The number of hydrogen-bond acceptors (Lipinski definition) is 1. The zero-order valence-corrected chi connectivity index (χ0v) is 9.91. The van der Waals surface area contributed by atoms with E-state index in [1.165, 1.54) is 0 Å². The van der Waals surface area contributed by atoms with Crippen molar-refractivity contribution in [3.05, 3.63) is 60.7 Å². The molecule has 0 N–H and O–H groups in total. The van der Waals surface area contributed by atoms with Crippen molar-refractivity contribution in [2.24, 2.45) is 0 Å². The van der Waals surface area contributed by atoms with Crippen LogP contribution in [0.15, 0.2) is 60.7 Å². The van der Waals surface area contributed by atoms with E-state index in [-0.39, 0.29) is 0 Å². The molecule has 0 saturated carbocycles. The molecule has 2 nitrogen and oxygen atoms in total.